The minimum atomic E-state index is -4.42. The molecule has 26 heavy (non-hydrogen) atoms. The van der Waals surface area contributed by atoms with Crippen molar-refractivity contribution in [1.29, 1.82) is 0 Å². The number of nitrogens with two attached hydrogens (primary N) is 1. The molecule has 1 aromatic carbocycles. The van der Waals surface area contributed by atoms with E-state index >= 15 is 0 Å². The number of carbonyl (C=O) groups excluding carboxylic acids is 1. The Hall–Kier alpha value is -2.35. The Morgan fingerprint density at radius 3 is 2.77 bits per heavy atom. The summed E-state index contributed by atoms with van der Waals surface area (Å²) in [6.07, 6.45) is -1.38. The summed E-state index contributed by atoms with van der Waals surface area (Å²) in [6.45, 7) is 1.08. The molecule has 0 saturated carbocycles. The Morgan fingerprint density at radius 1 is 1.27 bits per heavy atom. The average molecular weight is 364 g/mol. The largest absolute Gasteiger partial charge is 0.416 e. The molecule has 0 bridgehead atoms. The zero-order valence-electron chi connectivity index (χ0n) is 14.1. The zero-order valence-corrected chi connectivity index (χ0v) is 14.1. The van der Waals surface area contributed by atoms with Crippen LogP contribution in [0.2, 0.25) is 0 Å². The van der Waals surface area contributed by atoms with Gasteiger partial charge in [-0.2, -0.15) is 18.3 Å². The van der Waals surface area contributed by atoms with Crippen molar-refractivity contribution in [2.24, 2.45) is 5.73 Å². The van der Waals surface area contributed by atoms with Crippen LogP contribution in [0.15, 0.2) is 24.3 Å². The van der Waals surface area contributed by atoms with Crippen LogP contribution in [0, 0.1) is 0 Å². The van der Waals surface area contributed by atoms with E-state index in [1.54, 1.807) is 11.0 Å². The highest BCUT2D eigenvalue weighted by molar-refractivity contribution is 5.94. The lowest BCUT2D eigenvalue weighted by Gasteiger charge is -2.14. The summed E-state index contributed by atoms with van der Waals surface area (Å²) < 4.78 is 40.6. The van der Waals surface area contributed by atoms with Crippen LogP contribution in [0.25, 0.3) is 5.69 Å². The number of benzene rings is 1. The Labute approximate surface area is 148 Å². The van der Waals surface area contributed by atoms with Crippen LogP contribution in [0.5, 0.6) is 0 Å². The van der Waals surface area contributed by atoms with Crippen LogP contribution in [-0.4, -0.2) is 39.7 Å². The van der Waals surface area contributed by atoms with Gasteiger partial charge in [0.15, 0.2) is 5.69 Å². The third-order valence-corrected chi connectivity index (χ3v) is 5.06. The van der Waals surface area contributed by atoms with Crippen LogP contribution in [0.3, 0.4) is 0 Å². The van der Waals surface area contributed by atoms with E-state index in [0.29, 0.717) is 30.9 Å². The number of fused-ring (bicyclic) bond motifs is 1. The Kier molecular flexibility index (Phi) is 4.02. The molecule has 2 heterocycles. The monoisotopic (exact) mass is 364 g/mol. The van der Waals surface area contributed by atoms with Crippen molar-refractivity contribution < 1.29 is 18.0 Å². The number of hydrogen-bond acceptors (Lipinski definition) is 3. The highest BCUT2D eigenvalue weighted by Crippen LogP contribution is 2.33. The predicted molar refractivity (Wildman–Crippen MR) is 89.1 cm³/mol. The second-order valence-electron chi connectivity index (χ2n) is 6.89. The molecule has 2 N–H and O–H groups in total. The second kappa shape index (κ2) is 6.12. The molecular weight excluding hydrogens is 345 g/mol. The Morgan fingerprint density at radius 2 is 2.08 bits per heavy atom. The smallest absolute Gasteiger partial charge is 0.336 e. The SMILES string of the molecule is N[C@H]1CCN(C(=O)c2nn(-c3cccc(C(F)(F)F)c3)c3c2CCC3)C1. The van der Waals surface area contributed by atoms with Crippen molar-refractivity contribution in [2.45, 2.75) is 37.9 Å². The third-order valence-electron chi connectivity index (χ3n) is 5.06. The fourth-order valence-corrected chi connectivity index (χ4v) is 3.76. The minimum Gasteiger partial charge on any atom is -0.336 e. The molecule has 1 aliphatic carbocycles. The highest BCUT2D eigenvalue weighted by atomic mass is 19.4. The maximum absolute atomic E-state index is 13.0. The molecule has 0 spiro atoms. The number of halogens is 3. The summed E-state index contributed by atoms with van der Waals surface area (Å²) in [5.41, 5.74) is 7.52. The molecular formula is C18H19F3N4O. The van der Waals surface area contributed by atoms with Gasteiger partial charge in [-0.05, 0) is 43.9 Å². The molecule has 2 aliphatic rings. The lowest BCUT2D eigenvalue weighted by Crippen LogP contribution is -2.32. The Balaban J connectivity index is 1.74. The first-order valence-electron chi connectivity index (χ1n) is 8.68. The van der Waals surface area contributed by atoms with Crippen molar-refractivity contribution in [3.05, 3.63) is 46.8 Å². The molecule has 4 rings (SSSR count). The topological polar surface area (TPSA) is 64.2 Å². The van der Waals surface area contributed by atoms with E-state index in [2.05, 4.69) is 5.10 Å². The van der Waals surface area contributed by atoms with Crippen molar-refractivity contribution in [2.75, 3.05) is 13.1 Å². The first-order valence-corrected chi connectivity index (χ1v) is 8.68. The van der Waals surface area contributed by atoms with Crippen LogP contribution in [0.4, 0.5) is 13.2 Å². The summed E-state index contributed by atoms with van der Waals surface area (Å²) in [4.78, 5) is 14.5. The third kappa shape index (κ3) is 2.88. The highest BCUT2D eigenvalue weighted by Gasteiger charge is 2.34. The molecule has 0 radical (unpaired) electrons. The molecule has 8 heteroatoms. The summed E-state index contributed by atoms with van der Waals surface area (Å²) in [7, 11) is 0. The van der Waals surface area contributed by atoms with E-state index in [-0.39, 0.29) is 11.9 Å². The fourth-order valence-electron chi connectivity index (χ4n) is 3.76. The van der Waals surface area contributed by atoms with Crippen LogP contribution in [0.1, 0.15) is 40.2 Å². The summed E-state index contributed by atoms with van der Waals surface area (Å²) in [5, 5.41) is 4.41. The van der Waals surface area contributed by atoms with E-state index in [1.165, 1.54) is 10.7 Å². The van der Waals surface area contributed by atoms with Crippen molar-refractivity contribution in [3.63, 3.8) is 0 Å². The van der Waals surface area contributed by atoms with Gasteiger partial charge in [-0.25, -0.2) is 4.68 Å². The first-order chi connectivity index (χ1) is 12.3. The molecule has 2 aromatic rings. The normalized spacial score (nSPS) is 19.8. The van der Waals surface area contributed by atoms with Gasteiger partial charge in [0.2, 0.25) is 0 Å². The van der Waals surface area contributed by atoms with Crippen molar-refractivity contribution in [1.82, 2.24) is 14.7 Å². The number of aromatic nitrogens is 2. The van der Waals surface area contributed by atoms with E-state index in [0.717, 1.165) is 42.7 Å². The van der Waals surface area contributed by atoms with Gasteiger partial charge in [-0.1, -0.05) is 6.07 Å². The number of nitrogens with zero attached hydrogens (tertiary/aromatic N) is 3. The molecule has 1 aliphatic heterocycles. The van der Waals surface area contributed by atoms with Gasteiger partial charge in [0.25, 0.3) is 5.91 Å². The van der Waals surface area contributed by atoms with Crippen LogP contribution in [-0.2, 0) is 19.0 Å². The lowest BCUT2D eigenvalue weighted by molar-refractivity contribution is -0.137. The van der Waals surface area contributed by atoms with E-state index < -0.39 is 11.7 Å². The number of likely N-dealkylation sites (tertiary alicyclic amines) is 1. The number of alkyl halides is 3. The lowest BCUT2D eigenvalue weighted by atomic mass is 10.1. The van der Waals surface area contributed by atoms with E-state index in [9.17, 15) is 18.0 Å². The van der Waals surface area contributed by atoms with Gasteiger partial charge in [-0.3, -0.25) is 4.79 Å². The van der Waals surface area contributed by atoms with Gasteiger partial charge in [-0.15, -0.1) is 0 Å². The first kappa shape index (κ1) is 17.1. The maximum Gasteiger partial charge on any atom is 0.416 e. The standard InChI is InChI=1S/C18H19F3N4O/c19-18(20,21)11-3-1-4-13(9-11)25-15-6-2-5-14(15)16(23-25)17(26)24-8-7-12(22)10-24/h1,3-4,9,12H,2,5-8,10,22H2/t12-/m0/s1. The van der Waals surface area contributed by atoms with Gasteiger partial charge in [0, 0.05) is 30.4 Å². The molecule has 0 unspecified atom stereocenters. The molecule has 5 nitrogen and oxygen atoms in total. The molecule has 1 aromatic heterocycles. The zero-order chi connectivity index (χ0) is 18.5. The summed E-state index contributed by atoms with van der Waals surface area (Å²) in [5.74, 6) is -0.179. The molecule has 1 fully saturated rings. The molecule has 1 saturated heterocycles. The minimum absolute atomic E-state index is 0.0300. The van der Waals surface area contributed by atoms with Crippen molar-refractivity contribution >= 4 is 5.91 Å². The maximum atomic E-state index is 13.0. The van der Waals surface area contributed by atoms with E-state index in [1.807, 2.05) is 0 Å². The van der Waals surface area contributed by atoms with Gasteiger partial charge < -0.3 is 10.6 Å². The number of rotatable bonds is 2. The number of carbonyl (C=O) groups is 1. The molecule has 138 valence electrons. The average Bonchev–Trinajstić information content (AvgIpc) is 3.29. The van der Waals surface area contributed by atoms with E-state index in [4.69, 9.17) is 5.73 Å². The predicted octanol–water partition coefficient (Wildman–Crippen LogP) is 2.55. The van der Waals surface area contributed by atoms with Gasteiger partial charge in [0.05, 0.1) is 11.3 Å². The molecule has 1 amide bonds. The van der Waals surface area contributed by atoms with Crippen molar-refractivity contribution in [3.8, 4) is 5.69 Å². The van der Waals surface area contributed by atoms with Gasteiger partial charge in [0.1, 0.15) is 0 Å². The quantitative estimate of drug-likeness (QED) is 0.891. The second-order valence-corrected chi connectivity index (χ2v) is 6.89. The van der Waals surface area contributed by atoms with Crippen LogP contribution < -0.4 is 5.73 Å². The summed E-state index contributed by atoms with van der Waals surface area (Å²) >= 11 is 0. The fraction of sp³-hybridized carbons (Fsp3) is 0.444. The number of hydrogen-bond donors (Lipinski definition) is 1. The van der Waals surface area contributed by atoms with Gasteiger partial charge >= 0.3 is 6.18 Å². The summed E-state index contributed by atoms with van der Waals surface area (Å²) in [6, 6.07) is 5.03. The molecule has 1 atom stereocenters. The number of amides is 1. The van der Waals surface area contributed by atoms with Crippen LogP contribution >= 0.6 is 0 Å². The Bertz CT molecular complexity index is 859.